The number of nitrogens with one attached hydrogen (secondary N) is 1. The smallest absolute Gasteiger partial charge is 0.450 e. The summed E-state index contributed by atoms with van der Waals surface area (Å²) in [6.07, 6.45) is -5.80. The van der Waals surface area contributed by atoms with E-state index in [0.29, 0.717) is 5.02 Å². The fourth-order valence-electron chi connectivity index (χ4n) is 3.14. The first-order valence-electron chi connectivity index (χ1n) is 10.1. The summed E-state index contributed by atoms with van der Waals surface area (Å²) in [5.74, 6) is -5.62. The number of halogens is 6. The minimum Gasteiger partial charge on any atom is -0.484 e. The molecule has 2 rings (SSSR count). The fraction of sp³-hybridized carbons (Fsp3) is 0.348. The normalized spacial score (nSPS) is 13.3. The molecule has 0 spiro atoms. The van der Waals surface area contributed by atoms with Gasteiger partial charge in [0.2, 0.25) is 5.78 Å². The molecule has 1 amide bonds. The molecule has 0 aromatic heterocycles. The molecule has 0 radical (unpaired) electrons. The predicted molar refractivity (Wildman–Crippen MR) is 123 cm³/mol. The first kappa shape index (κ1) is 28.0. The molecular formula is C23H21Cl3F3NO4. The molecule has 11 heteroatoms. The number of amides is 1. The lowest BCUT2D eigenvalue weighted by Crippen LogP contribution is -2.40. The molecule has 0 saturated heterocycles. The van der Waals surface area contributed by atoms with E-state index < -0.39 is 54.6 Å². The van der Waals surface area contributed by atoms with Gasteiger partial charge in [0.15, 0.2) is 12.4 Å². The molecule has 0 fully saturated rings. The van der Waals surface area contributed by atoms with Crippen molar-refractivity contribution in [3.63, 3.8) is 0 Å². The van der Waals surface area contributed by atoms with E-state index in [1.807, 2.05) is 0 Å². The number of alkyl halides is 3. The Hall–Kier alpha value is -2.29. The van der Waals surface area contributed by atoms with Crippen LogP contribution in [-0.2, 0) is 14.4 Å². The summed E-state index contributed by atoms with van der Waals surface area (Å²) in [6.45, 7) is 2.31. The summed E-state index contributed by atoms with van der Waals surface area (Å²) in [7, 11) is 0. The zero-order chi connectivity index (χ0) is 25.6. The van der Waals surface area contributed by atoms with Gasteiger partial charge < -0.3 is 10.1 Å². The van der Waals surface area contributed by atoms with Gasteiger partial charge in [-0.15, -0.1) is 0 Å². The van der Waals surface area contributed by atoms with Crippen LogP contribution in [-0.4, -0.2) is 30.3 Å². The van der Waals surface area contributed by atoms with Crippen molar-refractivity contribution in [1.29, 1.82) is 0 Å². The Morgan fingerprint density at radius 2 is 1.50 bits per heavy atom. The molecule has 0 aliphatic carbocycles. The topological polar surface area (TPSA) is 72.5 Å². The van der Waals surface area contributed by atoms with E-state index in [4.69, 9.17) is 39.5 Å². The van der Waals surface area contributed by atoms with Crippen LogP contribution in [0.15, 0.2) is 42.5 Å². The maximum atomic E-state index is 13.0. The van der Waals surface area contributed by atoms with Crippen LogP contribution in [0.4, 0.5) is 13.2 Å². The van der Waals surface area contributed by atoms with E-state index in [1.54, 1.807) is 0 Å². The molecule has 2 aromatic rings. The molecular weight excluding hydrogens is 518 g/mol. The molecule has 2 atom stereocenters. The van der Waals surface area contributed by atoms with Crippen LogP contribution in [0.25, 0.3) is 0 Å². The Kier molecular flexibility index (Phi) is 9.79. The molecule has 0 aliphatic rings. The van der Waals surface area contributed by atoms with Gasteiger partial charge in [-0.25, -0.2) is 0 Å². The van der Waals surface area contributed by atoms with Crippen molar-refractivity contribution in [2.24, 2.45) is 11.8 Å². The number of Topliss-reactive ketones (excluding diaryl/α,β-unsaturated/α-hetero) is 2. The molecule has 5 nitrogen and oxygen atoms in total. The highest BCUT2D eigenvalue weighted by atomic mass is 35.5. The maximum Gasteiger partial charge on any atom is 0.450 e. The third kappa shape index (κ3) is 8.18. The van der Waals surface area contributed by atoms with E-state index in [0.717, 1.165) is 0 Å². The van der Waals surface area contributed by atoms with Crippen molar-refractivity contribution in [2.75, 3.05) is 6.61 Å². The molecule has 2 aromatic carbocycles. The van der Waals surface area contributed by atoms with Gasteiger partial charge in [-0.1, -0.05) is 60.8 Å². The molecule has 0 aliphatic heterocycles. The zero-order valence-corrected chi connectivity index (χ0v) is 20.4. The minimum absolute atomic E-state index is 0.206. The lowest BCUT2D eigenvalue weighted by molar-refractivity contribution is -0.177. The van der Waals surface area contributed by atoms with E-state index in [9.17, 15) is 27.6 Å². The van der Waals surface area contributed by atoms with Gasteiger partial charge in [0.1, 0.15) is 11.8 Å². The second kappa shape index (κ2) is 11.9. The van der Waals surface area contributed by atoms with E-state index >= 15 is 0 Å². The first-order valence-corrected chi connectivity index (χ1v) is 11.2. The Bertz CT molecular complexity index is 1020. The minimum atomic E-state index is -5.08. The van der Waals surface area contributed by atoms with Gasteiger partial charge in [0.05, 0.1) is 0 Å². The highest BCUT2D eigenvalue weighted by molar-refractivity contribution is 6.34. The molecule has 0 saturated carbocycles. The van der Waals surface area contributed by atoms with Gasteiger partial charge in [-0.2, -0.15) is 13.2 Å². The Morgan fingerprint density at radius 3 is 2.00 bits per heavy atom. The molecule has 34 heavy (non-hydrogen) atoms. The van der Waals surface area contributed by atoms with Crippen LogP contribution >= 0.6 is 34.8 Å². The summed E-state index contributed by atoms with van der Waals surface area (Å²) in [6, 6.07) is 8.86. The molecule has 0 heterocycles. The first-order chi connectivity index (χ1) is 15.8. The average molecular weight is 539 g/mol. The standard InChI is InChI=1S/C23H21Cl3F3NO4/c1-12(2)18(22(33)23(27,28)29)10-19(31)21(13-3-5-14(24)6-4-13)30-20(32)11-34-17-8-15(25)7-16(26)9-17/h3-9,12,18,21H,10-11H2,1-2H3,(H,30,32)/t18-,21-/m0/s1. The third-order valence-corrected chi connectivity index (χ3v) is 5.57. The number of carbonyl (C=O) groups excluding carboxylic acids is 3. The quantitative estimate of drug-likeness (QED) is 0.388. The summed E-state index contributed by atoms with van der Waals surface area (Å²) in [4.78, 5) is 37.4. The summed E-state index contributed by atoms with van der Waals surface area (Å²) in [5, 5.41) is 3.38. The van der Waals surface area contributed by atoms with Gasteiger partial charge >= 0.3 is 6.18 Å². The van der Waals surface area contributed by atoms with Gasteiger partial charge in [-0.05, 0) is 41.8 Å². The Morgan fingerprint density at radius 1 is 0.941 bits per heavy atom. The highest BCUT2D eigenvalue weighted by Gasteiger charge is 2.45. The molecule has 1 N–H and O–H groups in total. The predicted octanol–water partition coefficient (Wildman–Crippen LogP) is 6.25. The number of ketones is 2. The number of carbonyl (C=O) groups is 3. The van der Waals surface area contributed by atoms with Crippen molar-refractivity contribution < 1.29 is 32.3 Å². The molecule has 184 valence electrons. The van der Waals surface area contributed by atoms with Crippen molar-refractivity contribution in [3.05, 3.63) is 63.1 Å². The van der Waals surface area contributed by atoms with Crippen LogP contribution in [0.3, 0.4) is 0 Å². The molecule has 0 unspecified atom stereocenters. The van der Waals surface area contributed by atoms with Crippen molar-refractivity contribution >= 4 is 52.3 Å². The largest absolute Gasteiger partial charge is 0.484 e. The second-order valence-electron chi connectivity index (χ2n) is 7.83. The number of rotatable bonds is 10. The van der Waals surface area contributed by atoms with Crippen LogP contribution in [0.2, 0.25) is 15.1 Å². The van der Waals surface area contributed by atoms with Crippen LogP contribution < -0.4 is 10.1 Å². The van der Waals surface area contributed by atoms with Gasteiger partial charge in [0.25, 0.3) is 5.91 Å². The van der Waals surface area contributed by atoms with Crippen molar-refractivity contribution in [1.82, 2.24) is 5.32 Å². The Labute approximate surface area is 209 Å². The van der Waals surface area contributed by atoms with Crippen LogP contribution in [0.1, 0.15) is 31.9 Å². The van der Waals surface area contributed by atoms with E-state index in [2.05, 4.69) is 5.32 Å². The van der Waals surface area contributed by atoms with Crippen LogP contribution in [0, 0.1) is 11.8 Å². The van der Waals surface area contributed by atoms with E-state index in [1.165, 1.54) is 56.3 Å². The molecule has 0 bridgehead atoms. The monoisotopic (exact) mass is 537 g/mol. The maximum absolute atomic E-state index is 13.0. The highest BCUT2D eigenvalue weighted by Crippen LogP contribution is 2.30. The Balaban J connectivity index is 2.21. The average Bonchev–Trinajstić information content (AvgIpc) is 2.73. The number of benzene rings is 2. The van der Waals surface area contributed by atoms with Gasteiger partial charge in [0, 0.05) is 27.4 Å². The summed E-state index contributed by atoms with van der Waals surface area (Å²) >= 11 is 17.7. The van der Waals surface area contributed by atoms with Gasteiger partial charge in [-0.3, -0.25) is 14.4 Å². The third-order valence-electron chi connectivity index (χ3n) is 4.88. The number of hydrogen-bond acceptors (Lipinski definition) is 4. The number of hydrogen-bond donors (Lipinski definition) is 1. The zero-order valence-electron chi connectivity index (χ0n) is 18.1. The van der Waals surface area contributed by atoms with Crippen molar-refractivity contribution in [3.8, 4) is 5.75 Å². The van der Waals surface area contributed by atoms with Crippen LogP contribution in [0.5, 0.6) is 5.75 Å². The fourth-order valence-corrected chi connectivity index (χ4v) is 3.78. The van der Waals surface area contributed by atoms with Crippen molar-refractivity contribution in [2.45, 2.75) is 32.5 Å². The SMILES string of the molecule is CC(C)[C@H](CC(=O)[C@@H](NC(=O)COc1cc(Cl)cc(Cl)c1)c1ccc(Cl)cc1)C(=O)C(F)(F)F. The second-order valence-corrected chi connectivity index (χ2v) is 9.14. The lowest BCUT2D eigenvalue weighted by Gasteiger charge is -2.24. The lowest BCUT2D eigenvalue weighted by atomic mass is 9.84. The number of ether oxygens (including phenoxy) is 1. The summed E-state index contributed by atoms with van der Waals surface area (Å²) < 4.78 is 44.4. The van der Waals surface area contributed by atoms with E-state index in [-0.39, 0.29) is 21.4 Å². The summed E-state index contributed by atoms with van der Waals surface area (Å²) in [5.41, 5.74) is 0.288.